The molecule has 6 atom stereocenters. The number of primary amides is 1. The summed E-state index contributed by atoms with van der Waals surface area (Å²) in [6.07, 6.45) is 11.9. The first-order chi connectivity index (χ1) is 33.2. The van der Waals surface area contributed by atoms with Crippen molar-refractivity contribution in [2.45, 2.75) is 127 Å². The number of nitrogens with zero attached hydrogens (tertiary/aromatic N) is 3. The summed E-state index contributed by atoms with van der Waals surface area (Å²) >= 11 is 0. The molecule has 2 saturated heterocycles. The van der Waals surface area contributed by atoms with Gasteiger partial charge in [-0.3, -0.25) is 33.6 Å². The Morgan fingerprint density at radius 3 is 1.59 bits per heavy atom. The van der Waals surface area contributed by atoms with E-state index in [0.717, 1.165) is 79.6 Å². The van der Waals surface area contributed by atoms with Crippen molar-refractivity contribution in [2.75, 3.05) is 27.3 Å². The van der Waals surface area contributed by atoms with E-state index in [2.05, 4.69) is 26.7 Å². The van der Waals surface area contributed by atoms with Gasteiger partial charge in [0, 0.05) is 59.6 Å². The van der Waals surface area contributed by atoms with E-state index in [1.807, 2.05) is 36.4 Å². The molecule has 6 fully saturated rings. The summed E-state index contributed by atoms with van der Waals surface area (Å²) in [7, 11) is 3.17. The van der Waals surface area contributed by atoms with Crippen molar-refractivity contribution < 1.29 is 43.0 Å². The van der Waals surface area contributed by atoms with Gasteiger partial charge in [0.15, 0.2) is 0 Å². The summed E-state index contributed by atoms with van der Waals surface area (Å²) < 4.78 is 10.8. The fourth-order valence-corrected chi connectivity index (χ4v) is 11.4. The Bertz CT molecular complexity index is 2730. The number of rotatable bonds is 13. The number of ketones is 2. The SMILES string of the molecule is COc1cccc2[nH]c(C(=O)N3CCC4(CC4)C[C@H]3C(=O)N[C@@H](C[C@@H]3CCCC3=O)C(N)=O)cc12.COc1cccc2[nH]c(C(=O)N3CCC4(CC4)C[C@H]3C(=O)N[C@H](C#N)C[C@@H]3CCCC3=O)cc12. The van der Waals surface area contributed by atoms with E-state index in [4.69, 9.17) is 15.2 Å². The number of fused-ring (bicyclic) bond motifs is 2. The molecule has 364 valence electrons. The molecule has 17 heteroatoms. The number of carbonyl (C=O) groups excluding carboxylic acids is 7. The first kappa shape index (κ1) is 47.4. The second-order valence-electron chi connectivity index (χ2n) is 20.4. The van der Waals surface area contributed by atoms with E-state index < -0.39 is 30.1 Å². The molecule has 4 saturated carbocycles. The summed E-state index contributed by atoms with van der Waals surface area (Å²) in [5.74, 6) is -0.620. The molecule has 2 aromatic heterocycles. The van der Waals surface area contributed by atoms with Crippen molar-refractivity contribution in [3.63, 3.8) is 0 Å². The number of aromatic amines is 2. The Hall–Kier alpha value is -6.70. The number of piperidine rings is 2. The molecule has 6 aliphatic rings. The fourth-order valence-electron chi connectivity index (χ4n) is 11.4. The second-order valence-corrected chi connectivity index (χ2v) is 20.4. The van der Waals surface area contributed by atoms with E-state index in [1.165, 1.54) is 0 Å². The molecule has 2 aliphatic heterocycles. The van der Waals surface area contributed by atoms with Crippen LogP contribution in [0.3, 0.4) is 0 Å². The van der Waals surface area contributed by atoms with Gasteiger partial charge in [-0.05, 0) is 137 Å². The lowest BCUT2D eigenvalue weighted by Gasteiger charge is -2.39. The summed E-state index contributed by atoms with van der Waals surface area (Å²) in [5, 5.41) is 16.9. The van der Waals surface area contributed by atoms with Crippen LogP contribution in [0.1, 0.15) is 124 Å². The van der Waals surface area contributed by atoms with Crippen molar-refractivity contribution in [3.8, 4) is 17.6 Å². The van der Waals surface area contributed by atoms with Gasteiger partial charge in [0.25, 0.3) is 11.8 Å². The lowest BCUT2D eigenvalue weighted by Crippen LogP contribution is -2.57. The third kappa shape index (κ3) is 9.93. The zero-order chi connectivity index (χ0) is 48.6. The van der Waals surface area contributed by atoms with Crippen molar-refractivity contribution >= 4 is 62.9 Å². The first-order valence-corrected chi connectivity index (χ1v) is 24.5. The lowest BCUT2D eigenvalue weighted by molar-refractivity contribution is -0.132. The number of nitriles is 1. The summed E-state index contributed by atoms with van der Waals surface area (Å²) in [6, 6.07) is 13.8. The van der Waals surface area contributed by atoms with Crippen molar-refractivity contribution in [2.24, 2.45) is 28.4 Å². The second kappa shape index (κ2) is 19.4. The Kier molecular flexibility index (Phi) is 13.3. The predicted molar refractivity (Wildman–Crippen MR) is 254 cm³/mol. The Labute approximate surface area is 400 Å². The molecular formula is C52H62N8O9. The van der Waals surface area contributed by atoms with E-state index in [0.29, 0.717) is 74.5 Å². The molecule has 0 bridgehead atoms. The Morgan fingerprint density at radius 1 is 0.725 bits per heavy atom. The molecular weight excluding hydrogens is 881 g/mol. The summed E-state index contributed by atoms with van der Waals surface area (Å²) in [4.78, 5) is 99.9. The average molecular weight is 943 g/mol. The number of hydrogen-bond donors (Lipinski definition) is 5. The third-order valence-corrected chi connectivity index (χ3v) is 16.0. The van der Waals surface area contributed by atoms with Crippen molar-refractivity contribution in [1.29, 1.82) is 5.26 Å². The maximum Gasteiger partial charge on any atom is 0.270 e. The van der Waals surface area contributed by atoms with Crippen LogP contribution in [-0.2, 0) is 24.0 Å². The molecule has 4 aromatic rings. The number of carbonyl (C=O) groups is 7. The average Bonchev–Trinajstić information content (AvgIpc) is 3.92. The Balaban J connectivity index is 0.000000172. The summed E-state index contributed by atoms with van der Waals surface area (Å²) in [6.45, 7) is 0.966. The van der Waals surface area contributed by atoms with Gasteiger partial charge in [-0.15, -0.1) is 0 Å². The van der Waals surface area contributed by atoms with Gasteiger partial charge in [-0.2, -0.15) is 5.26 Å². The van der Waals surface area contributed by atoms with Crippen LogP contribution in [0.15, 0.2) is 48.5 Å². The minimum Gasteiger partial charge on any atom is -0.496 e. The highest BCUT2D eigenvalue weighted by Crippen LogP contribution is 2.56. The minimum absolute atomic E-state index is 0.0894. The van der Waals surface area contributed by atoms with E-state index in [1.54, 1.807) is 36.2 Å². The maximum atomic E-state index is 13.6. The van der Waals surface area contributed by atoms with Crippen molar-refractivity contribution in [1.82, 2.24) is 30.4 Å². The zero-order valence-electron chi connectivity index (χ0n) is 39.4. The van der Waals surface area contributed by atoms with Crippen LogP contribution >= 0.6 is 0 Å². The van der Waals surface area contributed by atoms with Gasteiger partial charge in [0.1, 0.15) is 58.6 Å². The molecule has 2 spiro atoms. The standard InChI is InChI=1S/C26H32N4O5.C26H30N4O4/c1-35-22-7-3-5-17-16(22)13-19(28-17)25(34)30-11-10-26(8-9-26)14-20(30)24(33)29-18(23(27)32)12-15-4-2-6-21(15)31;1-34-23-7-3-5-19-18(23)13-20(29-19)25(33)30-11-10-26(8-9-26)14-21(30)24(32)28-17(15-27)12-16-4-2-6-22(16)31/h3,5,7,13,15,18,20,28H,2,4,6,8-12,14H2,1H3,(H2,27,32)(H,29,33);3,5,7,13,16-17,21,29H,2,4,6,8-12,14H2,1H3,(H,28,32)/t15-,18-,20-;16-,17-,21-/m00/s1. The van der Waals surface area contributed by atoms with Crippen LogP contribution in [0, 0.1) is 34.0 Å². The van der Waals surface area contributed by atoms with Crippen LogP contribution in [0.4, 0.5) is 0 Å². The van der Waals surface area contributed by atoms with Gasteiger partial charge in [-0.1, -0.05) is 12.1 Å². The highest BCUT2D eigenvalue weighted by molar-refractivity contribution is 6.03. The number of H-pyrrole nitrogens is 2. The van der Waals surface area contributed by atoms with Gasteiger partial charge in [0.05, 0.1) is 20.3 Å². The number of hydrogen-bond acceptors (Lipinski definition) is 10. The number of aromatic nitrogens is 2. The van der Waals surface area contributed by atoms with Gasteiger partial charge in [0.2, 0.25) is 17.7 Å². The molecule has 17 nitrogen and oxygen atoms in total. The van der Waals surface area contributed by atoms with E-state index in [9.17, 15) is 38.8 Å². The van der Waals surface area contributed by atoms with Crippen LogP contribution in [-0.4, -0.2) is 112 Å². The molecule has 6 N–H and O–H groups in total. The molecule has 69 heavy (non-hydrogen) atoms. The molecule has 10 rings (SSSR count). The number of nitrogens with one attached hydrogen (secondary N) is 4. The van der Waals surface area contributed by atoms with Gasteiger partial charge in [-0.25, -0.2) is 0 Å². The zero-order valence-corrected chi connectivity index (χ0v) is 39.4. The fraction of sp³-hybridized carbons (Fsp3) is 0.538. The number of benzene rings is 2. The molecule has 4 heterocycles. The van der Waals surface area contributed by atoms with Crippen LogP contribution in [0.5, 0.6) is 11.5 Å². The molecule has 2 aromatic carbocycles. The van der Waals surface area contributed by atoms with Gasteiger partial charge < -0.3 is 45.6 Å². The summed E-state index contributed by atoms with van der Waals surface area (Å²) in [5.41, 5.74) is 8.19. The monoisotopic (exact) mass is 942 g/mol. The van der Waals surface area contributed by atoms with Crippen LogP contribution in [0.2, 0.25) is 0 Å². The highest BCUT2D eigenvalue weighted by atomic mass is 16.5. The lowest BCUT2D eigenvalue weighted by atomic mass is 9.87. The van der Waals surface area contributed by atoms with Crippen molar-refractivity contribution in [3.05, 3.63) is 59.9 Å². The molecule has 5 amide bonds. The number of nitrogens with two attached hydrogens (primary N) is 1. The predicted octanol–water partition coefficient (Wildman–Crippen LogP) is 5.62. The number of amides is 5. The Morgan fingerprint density at radius 2 is 1.19 bits per heavy atom. The van der Waals surface area contributed by atoms with E-state index >= 15 is 0 Å². The molecule has 4 aliphatic carbocycles. The topological polar surface area (TPSA) is 250 Å². The maximum absolute atomic E-state index is 13.6. The number of likely N-dealkylation sites (tertiary alicyclic amines) is 2. The first-order valence-electron chi connectivity index (χ1n) is 24.5. The minimum atomic E-state index is -0.930. The normalized spacial score (nSPS) is 24.0. The number of Topliss-reactive ketones (excluding diaryl/α,β-unsaturated/α-hetero) is 2. The van der Waals surface area contributed by atoms with Gasteiger partial charge >= 0.3 is 0 Å². The molecule has 0 radical (unpaired) electrons. The van der Waals surface area contributed by atoms with E-state index in [-0.39, 0.29) is 64.3 Å². The number of methoxy groups -OCH3 is 2. The smallest absolute Gasteiger partial charge is 0.270 e. The third-order valence-electron chi connectivity index (χ3n) is 16.0. The highest BCUT2D eigenvalue weighted by Gasteiger charge is 2.53. The quantitative estimate of drug-likeness (QED) is 0.111. The largest absolute Gasteiger partial charge is 0.496 e. The van der Waals surface area contributed by atoms with Crippen LogP contribution < -0.4 is 25.8 Å². The molecule has 0 unspecified atom stereocenters. The van der Waals surface area contributed by atoms with Crippen LogP contribution in [0.25, 0.3) is 21.8 Å². The number of ether oxygens (including phenoxy) is 2.